The number of anilines is 1. The minimum absolute atomic E-state index is 0.110. The van der Waals surface area contributed by atoms with Crippen LogP contribution in [0, 0.1) is 0 Å². The van der Waals surface area contributed by atoms with Crippen LogP contribution in [0.25, 0.3) is 0 Å². The molecule has 1 atom stereocenters. The molecule has 4 heteroatoms. The second kappa shape index (κ2) is 8.34. The quantitative estimate of drug-likeness (QED) is 0.823. The molecule has 23 heavy (non-hydrogen) atoms. The molecule has 2 aromatic rings. The van der Waals surface area contributed by atoms with E-state index in [2.05, 4.69) is 24.5 Å². The summed E-state index contributed by atoms with van der Waals surface area (Å²) in [4.78, 5) is 12.2. The van der Waals surface area contributed by atoms with Gasteiger partial charge in [-0.3, -0.25) is 4.79 Å². The van der Waals surface area contributed by atoms with E-state index in [1.165, 1.54) is 5.56 Å². The second-order valence-corrected chi connectivity index (χ2v) is 5.54. The number of likely N-dealkylation sites (N-methyl/N-ethyl adjacent to an activating group) is 1. The van der Waals surface area contributed by atoms with Crippen molar-refractivity contribution in [1.29, 1.82) is 0 Å². The lowest BCUT2D eigenvalue weighted by Crippen LogP contribution is -2.27. The molecule has 0 aromatic heterocycles. The van der Waals surface area contributed by atoms with Gasteiger partial charge in [-0.1, -0.05) is 19.1 Å². The molecule has 0 saturated carbocycles. The summed E-state index contributed by atoms with van der Waals surface area (Å²) in [6.45, 7) is 5.22. The lowest BCUT2D eigenvalue weighted by atomic mass is 10.0. The van der Waals surface area contributed by atoms with Gasteiger partial charge < -0.3 is 15.4 Å². The minimum atomic E-state index is -0.110. The van der Waals surface area contributed by atoms with E-state index >= 15 is 0 Å². The molecule has 0 bridgehead atoms. The number of nitrogens with one attached hydrogen (secondary N) is 2. The lowest BCUT2D eigenvalue weighted by Gasteiger charge is -2.12. The molecule has 0 aliphatic heterocycles. The first kappa shape index (κ1) is 17.0. The van der Waals surface area contributed by atoms with Gasteiger partial charge in [-0.05, 0) is 61.9 Å². The Morgan fingerprint density at radius 1 is 1.09 bits per heavy atom. The van der Waals surface area contributed by atoms with E-state index in [-0.39, 0.29) is 5.91 Å². The Balaban J connectivity index is 1.96. The van der Waals surface area contributed by atoms with E-state index in [1.54, 1.807) is 7.11 Å². The van der Waals surface area contributed by atoms with E-state index in [0.717, 1.165) is 24.4 Å². The summed E-state index contributed by atoms with van der Waals surface area (Å²) in [5.74, 6) is 0.656. The van der Waals surface area contributed by atoms with Crippen LogP contribution in [0.5, 0.6) is 5.75 Å². The molecular weight excluding hydrogens is 288 g/mol. The first-order valence-electron chi connectivity index (χ1n) is 7.90. The van der Waals surface area contributed by atoms with Crippen molar-refractivity contribution in [3.05, 3.63) is 59.7 Å². The molecule has 2 N–H and O–H groups in total. The first-order valence-corrected chi connectivity index (χ1v) is 7.90. The van der Waals surface area contributed by atoms with Crippen LogP contribution >= 0.6 is 0 Å². The van der Waals surface area contributed by atoms with Gasteiger partial charge in [0, 0.05) is 17.3 Å². The van der Waals surface area contributed by atoms with Gasteiger partial charge in [0.2, 0.25) is 0 Å². The van der Waals surface area contributed by atoms with E-state index in [9.17, 15) is 4.79 Å². The average Bonchev–Trinajstić information content (AvgIpc) is 2.56. The van der Waals surface area contributed by atoms with Crippen LogP contribution in [0.15, 0.2) is 48.5 Å². The van der Waals surface area contributed by atoms with Crippen LogP contribution in [-0.2, 0) is 6.42 Å². The van der Waals surface area contributed by atoms with Crippen molar-refractivity contribution in [3.63, 3.8) is 0 Å². The third-order valence-electron chi connectivity index (χ3n) is 3.66. The third-order valence-corrected chi connectivity index (χ3v) is 3.66. The third kappa shape index (κ3) is 5.11. The van der Waals surface area contributed by atoms with Crippen molar-refractivity contribution < 1.29 is 9.53 Å². The Bertz CT molecular complexity index is 621. The molecule has 4 nitrogen and oxygen atoms in total. The molecule has 0 spiro atoms. The average molecular weight is 312 g/mol. The maximum Gasteiger partial charge on any atom is 0.255 e. The number of benzene rings is 2. The van der Waals surface area contributed by atoms with E-state index < -0.39 is 0 Å². The number of carbonyl (C=O) groups is 1. The Morgan fingerprint density at radius 3 is 2.30 bits per heavy atom. The van der Waals surface area contributed by atoms with Crippen LogP contribution in [0.3, 0.4) is 0 Å². The predicted molar refractivity (Wildman–Crippen MR) is 94.2 cm³/mol. The van der Waals surface area contributed by atoms with Crippen LogP contribution in [0.2, 0.25) is 0 Å². The molecular formula is C19H24N2O2. The van der Waals surface area contributed by atoms with Gasteiger partial charge in [0.15, 0.2) is 0 Å². The summed E-state index contributed by atoms with van der Waals surface area (Å²) < 4.78 is 5.10. The molecule has 2 rings (SSSR count). The lowest BCUT2D eigenvalue weighted by molar-refractivity contribution is 0.102. The summed E-state index contributed by atoms with van der Waals surface area (Å²) in [7, 11) is 1.62. The standard InChI is InChI=1S/C19H24N2O2/c1-4-20-14(2)13-15-5-7-16(8-6-15)19(22)21-17-9-11-18(23-3)12-10-17/h5-12,14,20H,4,13H2,1-3H3,(H,21,22). The molecule has 122 valence electrons. The number of carbonyl (C=O) groups excluding carboxylic acids is 1. The summed E-state index contributed by atoms with van der Waals surface area (Å²) in [6, 6.07) is 15.5. The SMILES string of the molecule is CCNC(C)Cc1ccc(C(=O)Nc2ccc(OC)cc2)cc1. The van der Waals surface area contributed by atoms with Crippen molar-refractivity contribution in [2.24, 2.45) is 0 Å². The number of hydrogen-bond donors (Lipinski definition) is 2. The van der Waals surface area contributed by atoms with Crippen LogP contribution in [0.1, 0.15) is 29.8 Å². The van der Waals surface area contributed by atoms with Crippen molar-refractivity contribution in [3.8, 4) is 5.75 Å². The smallest absolute Gasteiger partial charge is 0.255 e. The molecule has 2 aromatic carbocycles. The Morgan fingerprint density at radius 2 is 1.74 bits per heavy atom. The summed E-state index contributed by atoms with van der Waals surface area (Å²) >= 11 is 0. The number of methoxy groups -OCH3 is 1. The summed E-state index contributed by atoms with van der Waals surface area (Å²) in [5.41, 5.74) is 2.63. The zero-order chi connectivity index (χ0) is 16.7. The molecule has 1 amide bonds. The van der Waals surface area contributed by atoms with Gasteiger partial charge in [-0.2, -0.15) is 0 Å². The fourth-order valence-corrected chi connectivity index (χ4v) is 2.44. The molecule has 1 unspecified atom stereocenters. The Labute approximate surface area is 137 Å². The number of hydrogen-bond acceptors (Lipinski definition) is 3. The van der Waals surface area contributed by atoms with Gasteiger partial charge >= 0.3 is 0 Å². The zero-order valence-electron chi connectivity index (χ0n) is 13.9. The normalized spacial score (nSPS) is 11.8. The fraction of sp³-hybridized carbons (Fsp3) is 0.316. The van der Waals surface area contributed by atoms with Crippen LogP contribution in [-0.4, -0.2) is 25.6 Å². The predicted octanol–water partition coefficient (Wildman–Crippen LogP) is 3.49. The van der Waals surface area contributed by atoms with E-state index in [4.69, 9.17) is 4.74 Å². The zero-order valence-corrected chi connectivity index (χ0v) is 13.9. The highest BCUT2D eigenvalue weighted by Crippen LogP contribution is 2.16. The summed E-state index contributed by atoms with van der Waals surface area (Å²) in [5, 5.41) is 6.27. The van der Waals surface area contributed by atoms with Crippen molar-refractivity contribution in [2.45, 2.75) is 26.3 Å². The largest absolute Gasteiger partial charge is 0.497 e. The molecule has 0 heterocycles. The van der Waals surface area contributed by atoms with Gasteiger partial charge in [0.25, 0.3) is 5.91 Å². The monoisotopic (exact) mass is 312 g/mol. The molecule has 0 saturated heterocycles. The van der Waals surface area contributed by atoms with Crippen LogP contribution in [0.4, 0.5) is 5.69 Å². The van der Waals surface area contributed by atoms with Gasteiger partial charge in [0.1, 0.15) is 5.75 Å². The first-order chi connectivity index (χ1) is 11.1. The van der Waals surface area contributed by atoms with Crippen molar-refractivity contribution in [2.75, 3.05) is 19.0 Å². The Hall–Kier alpha value is -2.33. The number of rotatable bonds is 7. The molecule has 0 aliphatic carbocycles. The summed E-state index contributed by atoms with van der Waals surface area (Å²) in [6.07, 6.45) is 0.953. The van der Waals surface area contributed by atoms with Gasteiger partial charge in [0.05, 0.1) is 7.11 Å². The second-order valence-electron chi connectivity index (χ2n) is 5.54. The number of amides is 1. The van der Waals surface area contributed by atoms with Crippen molar-refractivity contribution >= 4 is 11.6 Å². The fourth-order valence-electron chi connectivity index (χ4n) is 2.44. The topological polar surface area (TPSA) is 50.4 Å². The van der Waals surface area contributed by atoms with E-state index in [0.29, 0.717) is 11.6 Å². The van der Waals surface area contributed by atoms with Crippen LogP contribution < -0.4 is 15.4 Å². The minimum Gasteiger partial charge on any atom is -0.497 e. The number of ether oxygens (including phenoxy) is 1. The van der Waals surface area contributed by atoms with Gasteiger partial charge in [-0.15, -0.1) is 0 Å². The Kier molecular flexibility index (Phi) is 6.18. The molecule has 0 fully saturated rings. The van der Waals surface area contributed by atoms with Gasteiger partial charge in [-0.25, -0.2) is 0 Å². The highest BCUT2D eigenvalue weighted by Gasteiger charge is 2.07. The molecule has 0 aliphatic rings. The highest BCUT2D eigenvalue weighted by atomic mass is 16.5. The highest BCUT2D eigenvalue weighted by molar-refractivity contribution is 6.04. The maximum atomic E-state index is 12.2. The molecule has 0 radical (unpaired) electrons. The maximum absolute atomic E-state index is 12.2. The van der Waals surface area contributed by atoms with Crippen molar-refractivity contribution in [1.82, 2.24) is 5.32 Å². The van der Waals surface area contributed by atoms with E-state index in [1.807, 2.05) is 48.5 Å².